The molecule has 1 rings (SSSR count). The Labute approximate surface area is 107 Å². The number of nitriles is 1. The van der Waals surface area contributed by atoms with Gasteiger partial charge < -0.3 is 10.1 Å². The summed E-state index contributed by atoms with van der Waals surface area (Å²) in [6.07, 6.45) is 0.849. The van der Waals surface area contributed by atoms with E-state index in [2.05, 4.69) is 11.4 Å². The van der Waals surface area contributed by atoms with Gasteiger partial charge in [-0.05, 0) is 43.5 Å². The van der Waals surface area contributed by atoms with E-state index < -0.39 is 0 Å². The van der Waals surface area contributed by atoms with Crippen LogP contribution in [0.15, 0.2) is 12.1 Å². The monoisotopic (exact) mass is 252 g/mol. The van der Waals surface area contributed by atoms with Crippen LogP contribution >= 0.6 is 11.6 Å². The van der Waals surface area contributed by atoms with Gasteiger partial charge >= 0.3 is 0 Å². The van der Waals surface area contributed by atoms with E-state index in [9.17, 15) is 0 Å². The summed E-state index contributed by atoms with van der Waals surface area (Å²) in [4.78, 5) is 0. The van der Waals surface area contributed by atoms with Crippen LogP contribution in [0.3, 0.4) is 0 Å². The Morgan fingerprint density at radius 1 is 1.53 bits per heavy atom. The Kier molecular flexibility index (Phi) is 5.27. The minimum Gasteiger partial charge on any atom is -0.495 e. The van der Waals surface area contributed by atoms with Crippen LogP contribution in [0.25, 0.3) is 0 Å². The molecule has 0 bridgehead atoms. The van der Waals surface area contributed by atoms with Crippen molar-refractivity contribution in [1.29, 1.82) is 5.26 Å². The fourth-order valence-electron chi connectivity index (χ4n) is 1.59. The summed E-state index contributed by atoms with van der Waals surface area (Å²) in [5.41, 5.74) is 2.33. The summed E-state index contributed by atoms with van der Waals surface area (Å²) in [5.74, 6) is 0.700. The quantitative estimate of drug-likeness (QED) is 0.876. The summed E-state index contributed by atoms with van der Waals surface area (Å²) in [6.45, 7) is 4.63. The lowest BCUT2D eigenvalue weighted by atomic mass is 10.1. The van der Waals surface area contributed by atoms with Crippen LogP contribution in [-0.4, -0.2) is 19.7 Å². The zero-order valence-corrected chi connectivity index (χ0v) is 11.1. The second-order valence-corrected chi connectivity index (χ2v) is 4.38. The van der Waals surface area contributed by atoms with E-state index in [-0.39, 0.29) is 6.04 Å². The van der Waals surface area contributed by atoms with Crippen molar-refractivity contribution in [2.75, 3.05) is 13.7 Å². The molecular weight excluding hydrogens is 236 g/mol. The first-order valence-corrected chi connectivity index (χ1v) is 5.92. The van der Waals surface area contributed by atoms with Gasteiger partial charge in [0.2, 0.25) is 0 Å². The zero-order valence-electron chi connectivity index (χ0n) is 10.4. The van der Waals surface area contributed by atoms with Gasteiger partial charge in [0, 0.05) is 6.54 Å². The Balaban J connectivity index is 2.66. The fourth-order valence-corrected chi connectivity index (χ4v) is 1.85. The van der Waals surface area contributed by atoms with Crippen LogP contribution in [0.1, 0.15) is 18.1 Å². The second kappa shape index (κ2) is 6.48. The van der Waals surface area contributed by atoms with Crippen LogP contribution in [-0.2, 0) is 6.42 Å². The van der Waals surface area contributed by atoms with Gasteiger partial charge in [0.1, 0.15) is 5.75 Å². The highest BCUT2D eigenvalue weighted by Gasteiger charge is 2.06. The van der Waals surface area contributed by atoms with Crippen molar-refractivity contribution in [2.45, 2.75) is 26.3 Å². The van der Waals surface area contributed by atoms with Gasteiger partial charge in [-0.25, -0.2) is 0 Å². The third kappa shape index (κ3) is 3.92. The van der Waals surface area contributed by atoms with Crippen molar-refractivity contribution in [2.24, 2.45) is 0 Å². The molecule has 1 aromatic rings. The number of hydrogen-bond acceptors (Lipinski definition) is 3. The highest BCUT2D eigenvalue weighted by molar-refractivity contribution is 6.32. The van der Waals surface area contributed by atoms with E-state index in [1.165, 1.54) is 5.56 Å². The Bertz CT molecular complexity index is 426. The van der Waals surface area contributed by atoms with Crippen molar-refractivity contribution in [3.05, 3.63) is 28.3 Å². The molecule has 0 aromatic heterocycles. The lowest BCUT2D eigenvalue weighted by molar-refractivity contribution is 0.414. The number of nitrogens with one attached hydrogen (secondary N) is 1. The first-order valence-electron chi connectivity index (χ1n) is 5.54. The number of methoxy groups -OCH3 is 1. The summed E-state index contributed by atoms with van der Waals surface area (Å²) < 4.78 is 5.15. The topological polar surface area (TPSA) is 45.0 Å². The summed E-state index contributed by atoms with van der Waals surface area (Å²) in [7, 11) is 1.61. The van der Waals surface area contributed by atoms with Gasteiger partial charge in [0.25, 0.3) is 0 Å². The van der Waals surface area contributed by atoms with E-state index in [1.807, 2.05) is 26.0 Å². The van der Waals surface area contributed by atoms with Crippen molar-refractivity contribution in [3.63, 3.8) is 0 Å². The molecule has 0 radical (unpaired) electrons. The van der Waals surface area contributed by atoms with Gasteiger partial charge in [-0.3, -0.25) is 0 Å². The molecule has 4 heteroatoms. The van der Waals surface area contributed by atoms with E-state index in [0.29, 0.717) is 10.8 Å². The predicted molar refractivity (Wildman–Crippen MR) is 69.5 cm³/mol. The first-order chi connectivity index (χ1) is 8.08. The molecule has 92 valence electrons. The lowest BCUT2D eigenvalue weighted by Crippen LogP contribution is -2.26. The second-order valence-electron chi connectivity index (χ2n) is 3.97. The molecule has 0 amide bonds. The van der Waals surface area contributed by atoms with Crippen LogP contribution in [0, 0.1) is 18.3 Å². The SMILES string of the molecule is COc1cc(C)c(CCNC(C)C#N)cc1Cl. The third-order valence-electron chi connectivity index (χ3n) is 2.65. The molecule has 3 nitrogen and oxygen atoms in total. The number of halogens is 1. The fraction of sp³-hybridized carbons (Fsp3) is 0.462. The van der Waals surface area contributed by atoms with Gasteiger partial charge in [-0.2, -0.15) is 5.26 Å². The summed E-state index contributed by atoms with van der Waals surface area (Å²) in [6, 6.07) is 5.88. The standard InChI is InChI=1S/C13H17ClN2O/c1-9-6-13(17-3)12(14)7-11(9)4-5-16-10(2)8-15/h6-7,10,16H,4-5H2,1-3H3. The van der Waals surface area contributed by atoms with Crippen molar-refractivity contribution in [1.82, 2.24) is 5.32 Å². The number of aryl methyl sites for hydroxylation is 1. The van der Waals surface area contributed by atoms with E-state index in [1.54, 1.807) is 7.11 Å². The van der Waals surface area contributed by atoms with Gasteiger partial charge in [-0.15, -0.1) is 0 Å². The summed E-state index contributed by atoms with van der Waals surface area (Å²) >= 11 is 6.07. The van der Waals surface area contributed by atoms with Crippen molar-refractivity contribution in [3.8, 4) is 11.8 Å². The highest BCUT2D eigenvalue weighted by atomic mass is 35.5. The number of rotatable bonds is 5. The maximum Gasteiger partial charge on any atom is 0.137 e. The smallest absolute Gasteiger partial charge is 0.137 e. The van der Waals surface area contributed by atoms with Gasteiger partial charge in [0.15, 0.2) is 0 Å². The largest absolute Gasteiger partial charge is 0.495 e. The normalized spacial score (nSPS) is 11.9. The Hall–Kier alpha value is -1.24. The summed E-state index contributed by atoms with van der Waals surface area (Å²) in [5, 5.41) is 12.4. The number of benzene rings is 1. The molecule has 0 aliphatic heterocycles. The van der Waals surface area contributed by atoms with Crippen LogP contribution in [0.2, 0.25) is 5.02 Å². The molecule has 0 saturated carbocycles. The molecule has 1 aromatic carbocycles. The molecule has 0 spiro atoms. The average molecular weight is 253 g/mol. The minimum atomic E-state index is -0.121. The molecule has 0 saturated heterocycles. The molecule has 0 aliphatic rings. The third-order valence-corrected chi connectivity index (χ3v) is 2.94. The molecule has 17 heavy (non-hydrogen) atoms. The molecule has 0 aliphatic carbocycles. The molecule has 0 fully saturated rings. The van der Waals surface area contributed by atoms with Crippen molar-refractivity contribution >= 4 is 11.6 Å². The molecular formula is C13H17ClN2O. The lowest BCUT2D eigenvalue weighted by Gasteiger charge is -2.11. The maximum absolute atomic E-state index is 8.65. The van der Waals surface area contributed by atoms with Crippen LogP contribution in [0.4, 0.5) is 0 Å². The highest BCUT2D eigenvalue weighted by Crippen LogP contribution is 2.27. The van der Waals surface area contributed by atoms with Crippen LogP contribution in [0.5, 0.6) is 5.75 Å². The average Bonchev–Trinajstić information content (AvgIpc) is 2.32. The van der Waals surface area contributed by atoms with Gasteiger partial charge in [-0.1, -0.05) is 11.6 Å². The Morgan fingerprint density at radius 3 is 2.82 bits per heavy atom. The number of nitrogens with zero attached hydrogens (tertiary/aromatic N) is 1. The van der Waals surface area contributed by atoms with Crippen molar-refractivity contribution < 1.29 is 4.74 Å². The van der Waals surface area contributed by atoms with E-state index in [0.717, 1.165) is 18.5 Å². The first kappa shape index (κ1) is 13.8. The number of ether oxygens (including phenoxy) is 1. The maximum atomic E-state index is 8.65. The van der Waals surface area contributed by atoms with E-state index in [4.69, 9.17) is 21.6 Å². The Morgan fingerprint density at radius 2 is 2.24 bits per heavy atom. The van der Waals surface area contributed by atoms with Crippen LogP contribution < -0.4 is 10.1 Å². The predicted octanol–water partition coefficient (Wildman–Crippen LogP) is 2.70. The molecule has 1 atom stereocenters. The van der Waals surface area contributed by atoms with Gasteiger partial charge in [0.05, 0.1) is 24.2 Å². The number of hydrogen-bond donors (Lipinski definition) is 1. The minimum absolute atomic E-state index is 0.121. The molecule has 0 heterocycles. The van der Waals surface area contributed by atoms with E-state index >= 15 is 0 Å². The molecule has 1 N–H and O–H groups in total. The zero-order chi connectivity index (χ0) is 12.8. The molecule has 1 unspecified atom stereocenters.